The van der Waals surface area contributed by atoms with Gasteiger partial charge in [0.25, 0.3) is 0 Å². The molecule has 0 radical (unpaired) electrons. The van der Waals surface area contributed by atoms with Crippen LogP contribution in [0.4, 0.5) is 0 Å². The van der Waals surface area contributed by atoms with Crippen molar-refractivity contribution in [2.45, 2.75) is 44.9 Å². The molecule has 1 aromatic heterocycles. The largest absolute Gasteiger partial charge is 0.391 e. The molecule has 2 N–H and O–H groups in total. The fraction of sp³-hybridized carbons (Fsp3) is 0.727. The highest BCUT2D eigenvalue weighted by Crippen LogP contribution is 2.13. The molecule has 1 aliphatic rings. The molecule has 1 aliphatic heterocycles. The minimum absolute atomic E-state index is 0.273. The lowest BCUT2D eigenvalue weighted by molar-refractivity contribution is 0.136. The third-order valence-corrected chi connectivity index (χ3v) is 3.02. The van der Waals surface area contributed by atoms with Crippen LogP contribution in [0.2, 0.25) is 0 Å². The van der Waals surface area contributed by atoms with Crippen LogP contribution in [0.25, 0.3) is 0 Å². The Bertz CT molecular complexity index is 305. The number of nitrogens with zero attached hydrogens (tertiary/aromatic N) is 2. The number of hydrogen-bond donors (Lipinski definition) is 2. The van der Waals surface area contributed by atoms with E-state index in [-0.39, 0.29) is 12.1 Å². The van der Waals surface area contributed by atoms with Crippen LogP contribution in [0, 0.1) is 0 Å². The van der Waals surface area contributed by atoms with Crippen molar-refractivity contribution in [1.82, 2.24) is 15.1 Å². The van der Waals surface area contributed by atoms with Gasteiger partial charge in [-0.15, -0.1) is 0 Å². The molecule has 2 atom stereocenters. The molecule has 2 unspecified atom stereocenters. The summed E-state index contributed by atoms with van der Waals surface area (Å²) in [7, 11) is 0. The van der Waals surface area contributed by atoms with Gasteiger partial charge in [0.2, 0.25) is 0 Å². The Labute approximate surface area is 90.3 Å². The average Bonchev–Trinajstić information content (AvgIpc) is 2.87. The molecule has 0 bridgehead atoms. The van der Waals surface area contributed by atoms with E-state index >= 15 is 0 Å². The summed E-state index contributed by atoms with van der Waals surface area (Å²) in [5, 5.41) is 17.5. The third-order valence-electron chi connectivity index (χ3n) is 3.02. The van der Waals surface area contributed by atoms with Crippen molar-refractivity contribution in [1.29, 1.82) is 0 Å². The van der Waals surface area contributed by atoms with Crippen molar-refractivity contribution < 1.29 is 5.11 Å². The lowest BCUT2D eigenvalue weighted by atomic mass is 10.0. The average molecular weight is 209 g/mol. The smallest absolute Gasteiger partial charge is 0.0734 e. The molecular formula is C11H19N3O. The lowest BCUT2D eigenvalue weighted by Crippen LogP contribution is -2.36. The number of aliphatic hydroxyl groups is 1. The molecule has 1 aromatic rings. The summed E-state index contributed by atoms with van der Waals surface area (Å²) in [5.41, 5.74) is 1.12. The van der Waals surface area contributed by atoms with Crippen LogP contribution in [-0.4, -0.2) is 33.6 Å². The number of aliphatic hydroxyl groups excluding tert-OH is 1. The van der Waals surface area contributed by atoms with Gasteiger partial charge in [0, 0.05) is 25.2 Å². The second-order valence-corrected chi connectivity index (χ2v) is 4.18. The number of rotatable bonds is 4. The number of hydrogen-bond acceptors (Lipinski definition) is 3. The number of aryl methyl sites for hydroxylation is 1. The topological polar surface area (TPSA) is 50.1 Å². The third kappa shape index (κ3) is 2.58. The van der Waals surface area contributed by atoms with Crippen LogP contribution in [0.15, 0.2) is 12.4 Å². The standard InChI is InChI=1S/C11H19N3O/c1-2-14-8-9(7-13-14)6-11(15)10-4-3-5-12-10/h7-8,10-12,15H,2-6H2,1H3. The molecule has 0 aliphatic carbocycles. The van der Waals surface area contributed by atoms with Gasteiger partial charge >= 0.3 is 0 Å². The Hall–Kier alpha value is -0.870. The Balaban J connectivity index is 1.89. The Morgan fingerprint density at radius 3 is 3.20 bits per heavy atom. The van der Waals surface area contributed by atoms with E-state index in [9.17, 15) is 5.11 Å². The van der Waals surface area contributed by atoms with E-state index in [1.165, 1.54) is 6.42 Å². The van der Waals surface area contributed by atoms with Crippen molar-refractivity contribution in [2.24, 2.45) is 0 Å². The van der Waals surface area contributed by atoms with Crippen LogP contribution in [-0.2, 0) is 13.0 Å². The number of nitrogens with one attached hydrogen (secondary N) is 1. The van der Waals surface area contributed by atoms with E-state index in [1.807, 2.05) is 17.1 Å². The molecule has 4 heteroatoms. The first-order valence-electron chi connectivity index (χ1n) is 5.72. The normalized spacial score (nSPS) is 23.2. The highest BCUT2D eigenvalue weighted by atomic mass is 16.3. The first-order valence-corrected chi connectivity index (χ1v) is 5.72. The summed E-state index contributed by atoms with van der Waals surface area (Å²) >= 11 is 0. The molecule has 15 heavy (non-hydrogen) atoms. The molecular weight excluding hydrogens is 190 g/mol. The molecule has 0 aromatic carbocycles. The van der Waals surface area contributed by atoms with Gasteiger partial charge in [-0.2, -0.15) is 5.10 Å². The van der Waals surface area contributed by atoms with Gasteiger partial charge in [0.15, 0.2) is 0 Å². The minimum atomic E-state index is -0.276. The molecule has 84 valence electrons. The molecule has 1 fully saturated rings. The fourth-order valence-electron chi connectivity index (χ4n) is 2.11. The van der Waals surface area contributed by atoms with Gasteiger partial charge < -0.3 is 10.4 Å². The van der Waals surface area contributed by atoms with Crippen molar-refractivity contribution in [3.63, 3.8) is 0 Å². The van der Waals surface area contributed by atoms with Gasteiger partial charge in [-0.25, -0.2) is 0 Å². The van der Waals surface area contributed by atoms with E-state index < -0.39 is 0 Å². The maximum atomic E-state index is 9.98. The van der Waals surface area contributed by atoms with E-state index in [0.29, 0.717) is 6.42 Å². The molecule has 2 heterocycles. The summed E-state index contributed by atoms with van der Waals surface area (Å²) in [6.07, 6.45) is 6.55. The van der Waals surface area contributed by atoms with E-state index in [2.05, 4.69) is 17.3 Å². The van der Waals surface area contributed by atoms with Gasteiger partial charge in [-0.1, -0.05) is 0 Å². The Kier molecular flexibility index (Phi) is 3.38. The minimum Gasteiger partial charge on any atom is -0.391 e. The summed E-state index contributed by atoms with van der Waals surface area (Å²) in [6.45, 7) is 3.99. The highest BCUT2D eigenvalue weighted by Gasteiger charge is 2.22. The van der Waals surface area contributed by atoms with Gasteiger partial charge in [-0.05, 0) is 31.9 Å². The van der Waals surface area contributed by atoms with Crippen molar-refractivity contribution in [2.75, 3.05) is 6.54 Å². The van der Waals surface area contributed by atoms with Crippen LogP contribution in [0.1, 0.15) is 25.3 Å². The maximum Gasteiger partial charge on any atom is 0.0734 e. The first-order chi connectivity index (χ1) is 7.29. The molecule has 0 amide bonds. The fourth-order valence-corrected chi connectivity index (χ4v) is 2.11. The number of aromatic nitrogens is 2. The van der Waals surface area contributed by atoms with Crippen LogP contribution in [0.5, 0.6) is 0 Å². The monoisotopic (exact) mass is 209 g/mol. The zero-order valence-electron chi connectivity index (χ0n) is 9.19. The highest BCUT2D eigenvalue weighted by molar-refractivity contribution is 5.06. The van der Waals surface area contributed by atoms with Crippen molar-refractivity contribution in [3.05, 3.63) is 18.0 Å². The van der Waals surface area contributed by atoms with Crippen molar-refractivity contribution >= 4 is 0 Å². The predicted octanol–water partition coefficient (Wildman–Crippen LogP) is 0.558. The van der Waals surface area contributed by atoms with Gasteiger partial charge in [0.05, 0.1) is 12.3 Å². The summed E-state index contributed by atoms with van der Waals surface area (Å²) < 4.78 is 1.89. The zero-order chi connectivity index (χ0) is 10.7. The van der Waals surface area contributed by atoms with Gasteiger partial charge in [0.1, 0.15) is 0 Å². The van der Waals surface area contributed by atoms with E-state index in [1.54, 1.807) is 0 Å². The summed E-state index contributed by atoms with van der Waals surface area (Å²) in [5.74, 6) is 0. The van der Waals surface area contributed by atoms with Crippen molar-refractivity contribution in [3.8, 4) is 0 Å². The zero-order valence-corrected chi connectivity index (χ0v) is 9.19. The lowest BCUT2D eigenvalue weighted by Gasteiger charge is -2.17. The summed E-state index contributed by atoms with van der Waals surface area (Å²) in [4.78, 5) is 0. The van der Waals surface area contributed by atoms with Gasteiger partial charge in [-0.3, -0.25) is 4.68 Å². The quantitative estimate of drug-likeness (QED) is 0.761. The molecule has 1 saturated heterocycles. The first kappa shape index (κ1) is 10.6. The molecule has 0 spiro atoms. The van der Waals surface area contributed by atoms with E-state index in [4.69, 9.17) is 0 Å². The van der Waals surface area contributed by atoms with Crippen LogP contribution < -0.4 is 5.32 Å². The predicted molar refractivity (Wildman–Crippen MR) is 58.6 cm³/mol. The molecule has 0 saturated carbocycles. The molecule has 2 rings (SSSR count). The summed E-state index contributed by atoms with van der Waals surface area (Å²) in [6, 6.07) is 0.273. The second-order valence-electron chi connectivity index (χ2n) is 4.18. The Morgan fingerprint density at radius 2 is 2.60 bits per heavy atom. The van der Waals surface area contributed by atoms with E-state index in [0.717, 1.165) is 25.1 Å². The molecule has 4 nitrogen and oxygen atoms in total. The Morgan fingerprint density at radius 1 is 1.73 bits per heavy atom. The van der Waals surface area contributed by atoms with Crippen LogP contribution in [0.3, 0.4) is 0 Å². The second kappa shape index (κ2) is 4.77. The SMILES string of the molecule is CCn1cc(CC(O)C2CCCN2)cn1. The van der Waals surface area contributed by atoms with Crippen LogP contribution >= 0.6 is 0 Å². The maximum absolute atomic E-state index is 9.98.